The molecule has 0 fully saturated rings. The first-order valence-corrected chi connectivity index (χ1v) is 8.26. The fourth-order valence-electron chi connectivity index (χ4n) is 3.69. The molecule has 1 atom stereocenters. The van der Waals surface area contributed by atoms with Gasteiger partial charge in [-0.1, -0.05) is 66.3 Å². The zero-order chi connectivity index (χ0) is 16.4. The van der Waals surface area contributed by atoms with Crippen molar-refractivity contribution in [3.05, 3.63) is 101 Å². The molecule has 1 aliphatic carbocycles. The van der Waals surface area contributed by atoms with Crippen LogP contribution in [0.3, 0.4) is 0 Å². The van der Waals surface area contributed by atoms with Crippen LogP contribution in [-0.4, -0.2) is 0 Å². The monoisotopic (exact) mass is 300 g/mol. The Hall–Kier alpha value is -2.34. The van der Waals surface area contributed by atoms with Crippen molar-refractivity contribution in [2.24, 2.45) is 0 Å². The smallest absolute Gasteiger partial charge is 0.0283 e. The van der Waals surface area contributed by atoms with E-state index in [1.165, 1.54) is 39.0 Å². The summed E-state index contributed by atoms with van der Waals surface area (Å²) in [6, 6.07) is 13.5. The molecule has 0 saturated carbocycles. The van der Waals surface area contributed by atoms with Crippen molar-refractivity contribution in [3.63, 3.8) is 0 Å². The number of hydrogen-bond acceptors (Lipinski definition) is 0. The van der Waals surface area contributed by atoms with E-state index in [1.807, 2.05) is 6.08 Å². The van der Waals surface area contributed by atoms with Crippen molar-refractivity contribution in [2.75, 3.05) is 0 Å². The first-order valence-electron chi connectivity index (χ1n) is 8.26. The topological polar surface area (TPSA) is 0 Å². The summed E-state index contributed by atoms with van der Waals surface area (Å²) in [5, 5.41) is 0. The van der Waals surface area contributed by atoms with E-state index in [-0.39, 0.29) is 0 Å². The molecule has 0 bridgehead atoms. The quantitative estimate of drug-likeness (QED) is 0.600. The van der Waals surface area contributed by atoms with Crippen LogP contribution in [0.15, 0.2) is 67.3 Å². The Balaban J connectivity index is 1.97. The van der Waals surface area contributed by atoms with Gasteiger partial charge in [-0.05, 0) is 60.6 Å². The summed E-state index contributed by atoms with van der Waals surface area (Å²) in [5.74, 6) is 0.362. The minimum Gasteiger partial charge on any atom is -0.103 e. The molecule has 3 rings (SSSR count). The molecule has 0 amide bonds. The predicted molar refractivity (Wildman–Crippen MR) is 101 cm³/mol. The fourth-order valence-corrected chi connectivity index (χ4v) is 3.69. The van der Waals surface area contributed by atoms with Gasteiger partial charge in [0.05, 0.1) is 0 Å². The molecule has 0 saturated heterocycles. The minimum absolute atomic E-state index is 0.362. The average molecular weight is 300 g/mol. The number of allylic oxidation sites excluding steroid dienone is 5. The average Bonchev–Trinajstić information content (AvgIpc) is 2.96. The van der Waals surface area contributed by atoms with E-state index in [2.05, 4.69) is 82.0 Å². The van der Waals surface area contributed by atoms with Crippen molar-refractivity contribution in [1.29, 1.82) is 0 Å². The molecule has 0 aromatic heterocycles. The van der Waals surface area contributed by atoms with Crippen molar-refractivity contribution in [1.82, 2.24) is 0 Å². The van der Waals surface area contributed by atoms with Crippen LogP contribution >= 0.6 is 0 Å². The van der Waals surface area contributed by atoms with Crippen LogP contribution in [0.25, 0.3) is 5.57 Å². The third kappa shape index (κ3) is 3.07. The molecule has 1 unspecified atom stereocenters. The number of benzene rings is 2. The van der Waals surface area contributed by atoms with Gasteiger partial charge in [-0.3, -0.25) is 0 Å². The van der Waals surface area contributed by atoms with Gasteiger partial charge in [0.25, 0.3) is 0 Å². The van der Waals surface area contributed by atoms with Crippen LogP contribution in [0, 0.1) is 20.8 Å². The van der Waals surface area contributed by atoms with Crippen LogP contribution < -0.4 is 0 Å². The molecule has 0 radical (unpaired) electrons. The summed E-state index contributed by atoms with van der Waals surface area (Å²) < 4.78 is 0. The third-order valence-corrected chi connectivity index (χ3v) is 4.63. The lowest BCUT2D eigenvalue weighted by Crippen LogP contribution is -2.03. The maximum absolute atomic E-state index is 3.81. The second kappa shape index (κ2) is 6.42. The Morgan fingerprint density at radius 2 is 1.65 bits per heavy atom. The molecule has 2 aromatic rings. The van der Waals surface area contributed by atoms with Crippen molar-refractivity contribution in [3.8, 4) is 0 Å². The molecule has 0 heteroatoms. The van der Waals surface area contributed by atoms with E-state index in [9.17, 15) is 0 Å². The van der Waals surface area contributed by atoms with E-state index in [4.69, 9.17) is 0 Å². The molecule has 0 aliphatic heterocycles. The van der Waals surface area contributed by atoms with E-state index in [0.29, 0.717) is 5.92 Å². The van der Waals surface area contributed by atoms with Crippen molar-refractivity contribution >= 4 is 5.57 Å². The van der Waals surface area contributed by atoms with Gasteiger partial charge < -0.3 is 0 Å². The summed E-state index contributed by atoms with van der Waals surface area (Å²) in [7, 11) is 0. The van der Waals surface area contributed by atoms with Crippen LogP contribution in [0.5, 0.6) is 0 Å². The minimum atomic E-state index is 0.362. The first kappa shape index (κ1) is 15.6. The van der Waals surface area contributed by atoms with E-state index >= 15 is 0 Å². The maximum Gasteiger partial charge on any atom is 0.0283 e. The summed E-state index contributed by atoms with van der Waals surface area (Å²) in [6.07, 6.45) is 9.64. The number of aryl methyl sites for hydroxylation is 3. The number of rotatable bonds is 4. The summed E-state index contributed by atoms with van der Waals surface area (Å²) in [4.78, 5) is 0. The van der Waals surface area contributed by atoms with E-state index in [0.717, 1.165) is 6.42 Å². The van der Waals surface area contributed by atoms with Gasteiger partial charge in [-0.15, -0.1) is 6.58 Å². The zero-order valence-corrected chi connectivity index (χ0v) is 14.3. The summed E-state index contributed by atoms with van der Waals surface area (Å²) in [6.45, 7) is 10.4. The molecule has 0 spiro atoms. The lowest BCUT2D eigenvalue weighted by atomic mass is 9.83. The molecule has 0 nitrogen and oxygen atoms in total. The Bertz CT molecular complexity index is 762. The first-order chi connectivity index (χ1) is 11.1. The standard InChI is InChI=1S/C23H24/c1-5-7-19-10-12-20(13-11-19)21-8-6-9-22(21)23-17(3)14-16(2)15-18(23)4/h5-6,8-15,22H,1,7H2,2-4H3. The normalized spacial score (nSPS) is 16.5. The highest BCUT2D eigenvalue weighted by Crippen LogP contribution is 2.40. The van der Waals surface area contributed by atoms with Gasteiger partial charge in [0.2, 0.25) is 0 Å². The van der Waals surface area contributed by atoms with Gasteiger partial charge in [-0.2, -0.15) is 0 Å². The van der Waals surface area contributed by atoms with Crippen molar-refractivity contribution in [2.45, 2.75) is 33.1 Å². The fraction of sp³-hybridized carbons (Fsp3) is 0.217. The molecule has 0 N–H and O–H groups in total. The number of hydrogen-bond donors (Lipinski definition) is 0. The Morgan fingerprint density at radius 3 is 2.26 bits per heavy atom. The second-order valence-corrected chi connectivity index (χ2v) is 6.49. The van der Waals surface area contributed by atoms with Gasteiger partial charge in [0.1, 0.15) is 0 Å². The molecule has 0 heterocycles. The zero-order valence-electron chi connectivity index (χ0n) is 14.3. The van der Waals surface area contributed by atoms with E-state index < -0.39 is 0 Å². The van der Waals surface area contributed by atoms with Crippen LogP contribution in [0.2, 0.25) is 0 Å². The van der Waals surface area contributed by atoms with Gasteiger partial charge in [0, 0.05) is 5.92 Å². The molecule has 116 valence electrons. The molecule has 1 aliphatic rings. The van der Waals surface area contributed by atoms with Crippen LogP contribution in [0.4, 0.5) is 0 Å². The highest BCUT2D eigenvalue weighted by Gasteiger charge is 2.21. The predicted octanol–water partition coefficient (Wildman–Crippen LogP) is 6.08. The lowest BCUT2D eigenvalue weighted by molar-refractivity contribution is 1.06. The van der Waals surface area contributed by atoms with E-state index in [1.54, 1.807) is 0 Å². The van der Waals surface area contributed by atoms with Gasteiger partial charge in [-0.25, -0.2) is 0 Å². The molecular formula is C23H24. The lowest BCUT2D eigenvalue weighted by Gasteiger charge is -2.20. The highest BCUT2D eigenvalue weighted by molar-refractivity contribution is 5.78. The molecule has 23 heavy (non-hydrogen) atoms. The Kier molecular flexibility index (Phi) is 4.34. The summed E-state index contributed by atoms with van der Waals surface area (Å²) >= 11 is 0. The second-order valence-electron chi connectivity index (χ2n) is 6.49. The molecular weight excluding hydrogens is 276 g/mol. The Labute approximate surface area is 139 Å². The highest BCUT2D eigenvalue weighted by atomic mass is 14.3. The molecule has 2 aromatic carbocycles. The van der Waals surface area contributed by atoms with Gasteiger partial charge in [0.15, 0.2) is 0 Å². The van der Waals surface area contributed by atoms with Crippen LogP contribution in [0.1, 0.15) is 39.3 Å². The van der Waals surface area contributed by atoms with Crippen molar-refractivity contribution < 1.29 is 0 Å². The maximum atomic E-state index is 3.81. The SMILES string of the molecule is C=CCc1ccc(C2=CC=CC2c2c(C)cc(C)cc2C)cc1. The summed E-state index contributed by atoms with van der Waals surface area (Å²) in [5.41, 5.74) is 9.57. The van der Waals surface area contributed by atoms with Gasteiger partial charge >= 0.3 is 0 Å². The third-order valence-electron chi connectivity index (χ3n) is 4.63. The Morgan fingerprint density at radius 1 is 1.00 bits per heavy atom. The van der Waals surface area contributed by atoms with Crippen LogP contribution in [-0.2, 0) is 6.42 Å². The largest absolute Gasteiger partial charge is 0.103 e.